The molecule has 2 fully saturated rings. The number of morpholine rings is 1. The summed E-state index contributed by atoms with van der Waals surface area (Å²) in [5.41, 5.74) is 1.91. The Morgan fingerprint density at radius 2 is 1.92 bits per heavy atom. The van der Waals surface area contributed by atoms with Crippen LogP contribution in [0, 0.1) is 6.92 Å². The number of furan rings is 1. The zero-order valence-corrected chi connectivity index (χ0v) is 15.0. The SMILES string of the molecule is Cc1oc2c(c1C(=O)N1CC[C@@H]3OCC(=O)N(C)[C@H]3CC1)CCCC2. The maximum absolute atomic E-state index is 13.2. The van der Waals surface area contributed by atoms with Crippen LogP contribution in [0.3, 0.4) is 0 Å². The fourth-order valence-electron chi connectivity index (χ4n) is 4.51. The molecular weight excluding hydrogens is 320 g/mol. The molecule has 3 heterocycles. The van der Waals surface area contributed by atoms with Crippen molar-refractivity contribution < 1.29 is 18.7 Å². The van der Waals surface area contributed by atoms with Gasteiger partial charge in [-0.2, -0.15) is 0 Å². The van der Waals surface area contributed by atoms with E-state index in [2.05, 4.69) is 0 Å². The van der Waals surface area contributed by atoms with E-state index in [1.54, 1.807) is 4.90 Å². The smallest absolute Gasteiger partial charge is 0.257 e. The van der Waals surface area contributed by atoms with Gasteiger partial charge in [0, 0.05) is 32.1 Å². The normalized spacial score (nSPS) is 26.9. The second-order valence-corrected chi connectivity index (χ2v) is 7.43. The topological polar surface area (TPSA) is 63.0 Å². The molecular formula is C19H26N2O4. The van der Waals surface area contributed by atoms with Gasteiger partial charge in [-0.1, -0.05) is 0 Å². The van der Waals surface area contributed by atoms with Crippen molar-refractivity contribution in [3.05, 3.63) is 22.6 Å². The zero-order valence-electron chi connectivity index (χ0n) is 15.0. The van der Waals surface area contributed by atoms with E-state index in [0.717, 1.165) is 61.2 Å². The zero-order chi connectivity index (χ0) is 17.6. The van der Waals surface area contributed by atoms with Gasteiger partial charge in [-0.05, 0) is 39.0 Å². The summed E-state index contributed by atoms with van der Waals surface area (Å²) in [7, 11) is 1.84. The van der Waals surface area contributed by atoms with Crippen LogP contribution in [0.1, 0.15) is 53.1 Å². The molecule has 0 spiro atoms. The first-order chi connectivity index (χ1) is 12.1. The minimum atomic E-state index is 0.0276. The highest BCUT2D eigenvalue weighted by molar-refractivity contribution is 5.97. The van der Waals surface area contributed by atoms with Crippen LogP contribution in [-0.2, 0) is 22.4 Å². The molecule has 0 radical (unpaired) electrons. The predicted molar refractivity (Wildman–Crippen MR) is 91.5 cm³/mol. The van der Waals surface area contributed by atoms with Crippen LogP contribution < -0.4 is 0 Å². The summed E-state index contributed by atoms with van der Waals surface area (Å²) in [6, 6.07) is 0.0680. The highest BCUT2D eigenvalue weighted by Crippen LogP contribution is 2.31. The fourth-order valence-corrected chi connectivity index (χ4v) is 4.51. The third-order valence-corrected chi connectivity index (χ3v) is 5.97. The van der Waals surface area contributed by atoms with Gasteiger partial charge in [0.1, 0.15) is 18.1 Å². The number of amides is 2. The van der Waals surface area contributed by atoms with E-state index >= 15 is 0 Å². The third-order valence-electron chi connectivity index (χ3n) is 5.97. The van der Waals surface area contributed by atoms with E-state index in [1.165, 1.54) is 0 Å². The standard InChI is InChI=1S/C19H26N2O4/c1-12-18(13-5-3-4-6-15(13)25-12)19(23)21-9-7-14-16(8-10-21)24-11-17(22)20(14)2/h14,16H,3-11H2,1-2H3/t14-,16-/m0/s1. The van der Waals surface area contributed by atoms with Gasteiger partial charge in [-0.3, -0.25) is 9.59 Å². The highest BCUT2D eigenvalue weighted by atomic mass is 16.5. The highest BCUT2D eigenvalue weighted by Gasteiger charge is 2.38. The summed E-state index contributed by atoms with van der Waals surface area (Å²) in [4.78, 5) is 28.8. The van der Waals surface area contributed by atoms with E-state index < -0.39 is 0 Å². The van der Waals surface area contributed by atoms with Crippen LogP contribution in [0.5, 0.6) is 0 Å². The summed E-state index contributed by atoms with van der Waals surface area (Å²) in [6.07, 6.45) is 5.70. The number of hydrogen-bond donors (Lipinski definition) is 0. The first-order valence-corrected chi connectivity index (χ1v) is 9.34. The molecule has 0 bridgehead atoms. The number of ether oxygens (including phenoxy) is 1. The summed E-state index contributed by atoms with van der Waals surface area (Å²) in [6.45, 7) is 3.38. The Hall–Kier alpha value is -1.82. The molecule has 6 nitrogen and oxygen atoms in total. The van der Waals surface area contributed by atoms with Crippen molar-refractivity contribution >= 4 is 11.8 Å². The molecule has 25 heavy (non-hydrogen) atoms. The number of fused-ring (bicyclic) bond motifs is 2. The Balaban J connectivity index is 1.54. The van der Waals surface area contributed by atoms with Gasteiger partial charge in [0.25, 0.3) is 5.91 Å². The predicted octanol–water partition coefficient (Wildman–Crippen LogP) is 1.93. The van der Waals surface area contributed by atoms with Crippen LogP contribution in [0.2, 0.25) is 0 Å². The van der Waals surface area contributed by atoms with E-state index in [1.807, 2.05) is 18.9 Å². The monoisotopic (exact) mass is 346 g/mol. The van der Waals surface area contributed by atoms with Crippen molar-refractivity contribution in [2.45, 2.75) is 57.6 Å². The van der Waals surface area contributed by atoms with Crippen LogP contribution in [-0.4, -0.2) is 60.5 Å². The van der Waals surface area contributed by atoms with Crippen LogP contribution >= 0.6 is 0 Å². The van der Waals surface area contributed by atoms with E-state index in [0.29, 0.717) is 13.1 Å². The second kappa shape index (κ2) is 6.48. The second-order valence-electron chi connectivity index (χ2n) is 7.43. The quantitative estimate of drug-likeness (QED) is 0.779. The minimum absolute atomic E-state index is 0.0276. The van der Waals surface area contributed by atoms with Crippen molar-refractivity contribution in [3.8, 4) is 0 Å². The molecule has 0 N–H and O–H groups in total. The Morgan fingerprint density at radius 1 is 1.16 bits per heavy atom. The Kier molecular flexibility index (Phi) is 4.31. The average Bonchev–Trinajstić information content (AvgIpc) is 2.79. The lowest BCUT2D eigenvalue weighted by atomic mass is 9.94. The number of aryl methyl sites for hydroxylation is 2. The largest absolute Gasteiger partial charge is 0.465 e. The number of nitrogens with zero attached hydrogens (tertiary/aromatic N) is 2. The molecule has 0 aromatic carbocycles. The molecule has 2 aliphatic heterocycles. The number of likely N-dealkylation sites (tertiary alicyclic amines) is 1. The van der Waals surface area contributed by atoms with Crippen molar-refractivity contribution in [3.63, 3.8) is 0 Å². The molecule has 3 aliphatic rings. The van der Waals surface area contributed by atoms with E-state index in [9.17, 15) is 9.59 Å². The van der Waals surface area contributed by atoms with Gasteiger partial charge in [0.05, 0.1) is 17.7 Å². The van der Waals surface area contributed by atoms with E-state index in [-0.39, 0.29) is 30.6 Å². The third kappa shape index (κ3) is 2.86. The molecule has 2 amide bonds. The first kappa shape index (κ1) is 16.6. The summed E-state index contributed by atoms with van der Waals surface area (Å²) < 4.78 is 11.6. The van der Waals surface area contributed by atoms with Gasteiger partial charge in [0.15, 0.2) is 0 Å². The number of likely N-dealkylation sites (N-methyl/N-ethyl adjacent to an activating group) is 1. The Labute approximate surface area is 148 Å². The molecule has 0 unspecified atom stereocenters. The molecule has 2 saturated heterocycles. The molecule has 4 rings (SSSR count). The number of carbonyl (C=O) groups excluding carboxylic acids is 2. The van der Waals surface area contributed by atoms with Crippen LogP contribution in [0.4, 0.5) is 0 Å². The molecule has 1 aromatic heterocycles. The van der Waals surface area contributed by atoms with Gasteiger partial charge in [-0.25, -0.2) is 0 Å². The minimum Gasteiger partial charge on any atom is -0.465 e. The molecule has 136 valence electrons. The Bertz CT molecular complexity index is 696. The molecule has 2 atom stereocenters. The fraction of sp³-hybridized carbons (Fsp3) is 0.684. The molecule has 1 aliphatic carbocycles. The van der Waals surface area contributed by atoms with Gasteiger partial charge < -0.3 is 19.0 Å². The first-order valence-electron chi connectivity index (χ1n) is 9.34. The molecule has 0 saturated carbocycles. The number of hydrogen-bond acceptors (Lipinski definition) is 4. The summed E-state index contributed by atoms with van der Waals surface area (Å²) >= 11 is 0. The maximum atomic E-state index is 13.2. The number of rotatable bonds is 1. The van der Waals surface area contributed by atoms with Crippen LogP contribution in [0.15, 0.2) is 4.42 Å². The van der Waals surface area contributed by atoms with E-state index in [4.69, 9.17) is 9.15 Å². The lowest BCUT2D eigenvalue weighted by molar-refractivity contribution is -0.154. The van der Waals surface area contributed by atoms with Gasteiger partial charge in [0.2, 0.25) is 5.91 Å². The average molecular weight is 346 g/mol. The summed E-state index contributed by atoms with van der Waals surface area (Å²) in [5, 5.41) is 0. The lowest BCUT2D eigenvalue weighted by Gasteiger charge is -2.37. The van der Waals surface area contributed by atoms with Crippen LogP contribution in [0.25, 0.3) is 0 Å². The van der Waals surface area contributed by atoms with Crippen molar-refractivity contribution in [1.29, 1.82) is 0 Å². The van der Waals surface area contributed by atoms with Crippen molar-refractivity contribution in [1.82, 2.24) is 9.80 Å². The van der Waals surface area contributed by atoms with Gasteiger partial charge >= 0.3 is 0 Å². The number of carbonyl (C=O) groups is 2. The molecule has 1 aromatic rings. The Morgan fingerprint density at radius 3 is 2.76 bits per heavy atom. The van der Waals surface area contributed by atoms with Gasteiger partial charge in [-0.15, -0.1) is 0 Å². The summed E-state index contributed by atoms with van der Waals surface area (Å²) in [5.74, 6) is 1.86. The molecule has 6 heteroatoms. The lowest BCUT2D eigenvalue weighted by Crippen LogP contribution is -2.52. The van der Waals surface area contributed by atoms with Crippen molar-refractivity contribution in [2.24, 2.45) is 0 Å². The maximum Gasteiger partial charge on any atom is 0.257 e. The van der Waals surface area contributed by atoms with Crippen molar-refractivity contribution in [2.75, 3.05) is 26.7 Å².